The molecule has 1 heterocycles. The van der Waals surface area contributed by atoms with Crippen molar-refractivity contribution in [2.45, 2.75) is 13.0 Å². The number of hydrogen-bond acceptors (Lipinski definition) is 4. The number of nitrogens with two attached hydrogens (primary N) is 1. The van der Waals surface area contributed by atoms with Crippen LogP contribution in [0.1, 0.15) is 12.2 Å². The Labute approximate surface area is 71.8 Å². The number of nitrogens with zero attached hydrogens (tertiary/aromatic N) is 2. The molecule has 0 aromatic carbocycles. The Morgan fingerprint density at radius 2 is 2.08 bits per heavy atom. The van der Waals surface area contributed by atoms with Gasteiger partial charge in [-0.15, -0.1) is 0 Å². The summed E-state index contributed by atoms with van der Waals surface area (Å²) in [5.41, 5.74) is 5.30. The molecule has 4 heteroatoms. The maximum Gasteiger partial charge on any atom is 0.153 e. The number of ether oxygens (including phenoxy) is 1. The summed E-state index contributed by atoms with van der Waals surface area (Å²) < 4.78 is 5.26. The molecule has 4 nitrogen and oxygen atoms in total. The summed E-state index contributed by atoms with van der Waals surface area (Å²) in [4.78, 5) is 8.02. The van der Waals surface area contributed by atoms with E-state index in [0.717, 1.165) is 12.2 Å². The van der Waals surface area contributed by atoms with Crippen molar-refractivity contribution in [3.8, 4) is 0 Å². The second-order valence-corrected chi connectivity index (χ2v) is 2.36. The predicted octanol–water partition coefficient (Wildman–Crippen LogP) is 0.342. The molecule has 1 aromatic rings. The molecule has 0 spiro atoms. The molecule has 0 fully saturated rings. The maximum atomic E-state index is 5.30. The van der Waals surface area contributed by atoms with Crippen molar-refractivity contribution in [2.24, 2.45) is 5.73 Å². The third kappa shape index (κ3) is 3.41. The lowest BCUT2D eigenvalue weighted by molar-refractivity contribution is 0.114. The minimum Gasteiger partial charge on any atom is -0.373 e. The van der Waals surface area contributed by atoms with E-state index in [1.54, 1.807) is 18.5 Å². The Hall–Kier alpha value is -1.00. The standard InChI is InChI=1S/C8H13N3O/c9-3-1-6-12-7-8-10-4-2-5-11-8/h2,4-5H,1,3,6-7,9H2. The second kappa shape index (κ2) is 5.62. The number of hydrogen-bond donors (Lipinski definition) is 1. The van der Waals surface area contributed by atoms with Gasteiger partial charge in [-0.1, -0.05) is 0 Å². The van der Waals surface area contributed by atoms with E-state index < -0.39 is 0 Å². The normalized spacial score (nSPS) is 10.1. The molecule has 0 bridgehead atoms. The molecular weight excluding hydrogens is 154 g/mol. The van der Waals surface area contributed by atoms with Crippen LogP contribution in [0.25, 0.3) is 0 Å². The topological polar surface area (TPSA) is 61.0 Å². The quantitative estimate of drug-likeness (QED) is 0.642. The molecule has 0 unspecified atom stereocenters. The fraction of sp³-hybridized carbons (Fsp3) is 0.500. The van der Waals surface area contributed by atoms with E-state index in [1.807, 2.05) is 0 Å². The second-order valence-electron chi connectivity index (χ2n) is 2.36. The van der Waals surface area contributed by atoms with Crippen molar-refractivity contribution in [3.05, 3.63) is 24.3 Å². The molecule has 1 rings (SSSR count). The van der Waals surface area contributed by atoms with Gasteiger partial charge in [0.25, 0.3) is 0 Å². The third-order valence-electron chi connectivity index (χ3n) is 1.34. The zero-order chi connectivity index (χ0) is 8.65. The van der Waals surface area contributed by atoms with Gasteiger partial charge in [0.1, 0.15) is 6.61 Å². The summed E-state index contributed by atoms with van der Waals surface area (Å²) in [6.45, 7) is 1.81. The SMILES string of the molecule is NCCCOCc1ncccn1. The Bertz CT molecular complexity index is 203. The van der Waals surface area contributed by atoms with Crippen LogP contribution in [-0.4, -0.2) is 23.1 Å². The summed E-state index contributed by atoms with van der Waals surface area (Å²) >= 11 is 0. The van der Waals surface area contributed by atoms with Crippen molar-refractivity contribution in [1.29, 1.82) is 0 Å². The van der Waals surface area contributed by atoms with Crippen molar-refractivity contribution in [2.75, 3.05) is 13.2 Å². The first kappa shape index (κ1) is 9.09. The van der Waals surface area contributed by atoms with Crippen LogP contribution >= 0.6 is 0 Å². The molecule has 0 saturated heterocycles. The minimum atomic E-state index is 0.473. The van der Waals surface area contributed by atoms with Gasteiger partial charge in [-0.25, -0.2) is 9.97 Å². The molecule has 0 saturated carbocycles. The van der Waals surface area contributed by atoms with Crippen LogP contribution < -0.4 is 5.73 Å². The monoisotopic (exact) mass is 167 g/mol. The molecule has 0 amide bonds. The van der Waals surface area contributed by atoms with Gasteiger partial charge < -0.3 is 10.5 Å². The van der Waals surface area contributed by atoms with E-state index in [0.29, 0.717) is 19.8 Å². The van der Waals surface area contributed by atoms with E-state index in [4.69, 9.17) is 10.5 Å². The fourth-order valence-corrected chi connectivity index (χ4v) is 0.753. The lowest BCUT2D eigenvalue weighted by Gasteiger charge is -2.00. The van der Waals surface area contributed by atoms with Gasteiger partial charge in [-0.3, -0.25) is 0 Å². The van der Waals surface area contributed by atoms with Gasteiger partial charge in [0.05, 0.1) is 0 Å². The fourth-order valence-electron chi connectivity index (χ4n) is 0.753. The average Bonchev–Trinajstić information content (AvgIpc) is 2.14. The first-order valence-corrected chi connectivity index (χ1v) is 3.97. The Morgan fingerprint density at radius 1 is 1.33 bits per heavy atom. The summed E-state index contributed by atoms with van der Waals surface area (Å²) in [6.07, 6.45) is 4.29. The first-order valence-electron chi connectivity index (χ1n) is 3.97. The summed E-state index contributed by atoms with van der Waals surface area (Å²) in [7, 11) is 0. The smallest absolute Gasteiger partial charge is 0.153 e. The van der Waals surface area contributed by atoms with E-state index in [9.17, 15) is 0 Å². The van der Waals surface area contributed by atoms with Crippen LogP contribution in [0.2, 0.25) is 0 Å². The molecular formula is C8H13N3O. The molecule has 0 aliphatic rings. The average molecular weight is 167 g/mol. The Balaban J connectivity index is 2.16. The van der Waals surface area contributed by atoms with Crippen molar-refractivity contribution >= 4 is 0 Å². The first-order chi connectivity index (χ1) is 5.93. The molecule has 0 aliphatic carbocycles. The zero-order valence-electron chi connectivity index (χ0n) is 6.94. The molecule has 66 valence electrons. The summed E-state index contributed by atoms with van der Waals surface area (Å²) in [5, 5.41) is 0. The van der Waals surface area contributed by atoms with Gasteiger partial charge in [-0.2, -0.15) is 0 Å². The van der Waals surface area contributed by atoms with E-state index in [2.05, 4.69) is 9.97 Å². The van der Waals surface area contributed by atoms with Gasteiger partial charge in [0.15, 0.2) is 5.82 Å². The van der Waals surface area contributed by atoms with Crippen LogP contribution in [0, 0.1) is 0 Å². The summed E-state index contributed by atoms with van der Waals surface area (Å²) in [5.74, 6) is 0.717. The molecule has 12 heavy (non-hydrogen) atoms. The van der Waals surface area contributed by atoms with Crippen LogP contribution in [0.15, 0.2) is 18.5 Å². The van der Waals surface area contributed by atoms with E-state index >= 15 is 0 Å². The van der Waals surface area contributed by atoms with Crippen molar-refractivity contribution in [1.82, 2.24) is 9.97 Å². The Morgan fingerprint density at radius 3 is 2.75 bits per heavy atom. The van der Waals surface area contributed by atoms with Crippen LogP contribution in [-0.2, 0) is 11.3 Å². The van der Waals surface area contributed by atoms with Gasteiger partial charge in [0.2, 0.25) is 0 Å². The lowest BCUT2D eigenvalue weighted by atomic mass is 10.5. The molecule has 1 aromatic heterocycles. The molecule has 0 atom stereocenters. The highest BCUT2D eigenvalue weighted by Crippen LogP contribution is 1.91. The number of aromatic nitrogens is 2. The minimum absolute atomic E-state index is 0.473. The third-order valence-corrected chi connectivity index (χ3v) is 1.34. The van der Waals surface area contributed by atoms with E-state index in [-0.39, 0.29) is 0 Å². The van der Waals surface area contributed by atoms with E-state index in [1.165, 1.54) is 0 Å². The maximum absolute atomic E-state index is 5.30. The lowest BCUT2D eigenvalue weighted by Crippen LogP contribution is -2.05. The zero-order valence-corrected chi connectivity index (χ0v) is 6.94. The van der Waals surface area contributed by atoms with Crippen LogP contribution in [0.4, 0.5) is 0 Å². The summed E-state index contributed by atoms with van der Waals surface area (Å²) in [6, 6.07) is 1.78. The van der Waals surface area contributed by atoms with Crippen LogP contribution in [0.5, 0.6) is 0 Å². The molecule has 2 N–H and O–H groups in total. The van der Waals surface area contributed by atoms with Gasteiger partial charge >= 0.3 is 0 Å². The highest BCUT2D eigenvalue weighted by atomic mass is 16.5. The molecule has 0 aliphatic heterocycles. The highest BCUT2D eigenvalue weighted by Gasteiger charge is 1.92. The van der Waals surface area contributed by atoms with Gasteiger partial charge in [0, 0.05) is 19.0 Å². The number of rotatable bonds is 5. The molecule has 0 radical (unpaired) electrons. The predicted molar refractivity (Wildman–Crippen MR) is 45.4 cm³/mol. The van der Waals surface area contributed by atoms with Crippen LogP contribution in [0.3, 0.4) is 0 Å². The largest absolute Gasteiger partial charge is 0.373 e. The van der Waals surface area contributed by atoms with Crippen molar-refractivity contribution < 1.29 is 4.74 Å². The Kier molecular flexibility index (Phi) is 4.26. The van der Waals surface area contributed by atoms with Crippen molar-refractivity contribution in [3.63, 3.8) is 0 Å². The highest BCUT2D eigenvalue weighted by molar-refractivity contribution is 4.86. The van der Waals surface area contributed by atoms with Gasteiger partial charge in [-0.05, 0) is 19.0 Å².